The molecule has 0 unspecified atom stereocenters. The van der Waals surface area contributed by atoms with Gasteiger partial charge in [-0.1, -0.05) is 54.6 Å². The van der Waals surface area contributed by atoms with Gasteiger partial charge in [0.2, 0.25) is 5.91 Å². The highest BCUT2D eigenvalue weighted by molar-refractivity contribution is 6.02. The van der Waals surface area contributed by atoms with Crippen LogP contribution >= 0.6 is 0 Å². The molecule has 0 aromatic heterocycles. The molecule has 0 spiro atoms. The lowest BCUT2D eigenvalue weighted by Crippen LogP contribution is -2.14. The van der Waals surface area contributed by atoms with Gasteiger partial charge in [0.05, 0.1) is 11.3 Å². The van der Waals surface area contributed by atoms with Gasteiger partial charge in [-0.2, -0.15) is 13.2 Å². The number of alkyl halides is 3. The van der Waals surface area contributed by atoms with Crippen LogP contribution in [0, 0.1) is 0 Å². The molecule has 0 saturated carbocycles. The van der Waals surface area contributed by atoms with Gasteiger partial charge in [-0.05, 0) is 41.5 Å². The van der Waals surface area contributed by atoms with E-state index in [1.807, 2.05) is 30.3 Å². The topological polar surface area (TPSA) is 38.3 Å². The Hall–Kier alpha value is -3.54. The van der Waals surface area contributed by atoms with Crippen LogP contribution in [0.5, 0.6) is 5.75 Å². The summed E-state index contributed by atoms with van der Waals surface area (Å²) in [6, 6.07) is 21.6. The van der Waals surface area contributed by atoms with Crippen molar-refractivity contribution >= 4 is 17.7 Å². The Morgan fingerprint density at radius 1 is 0.897 bits per heavy atom. The Morgan fingerprint density at radius 3 is 2.24 bits per heavy atom. The fraction of sp³-hybridized carbons (Fsp3) is 0.0870. The zero-order valence-corrected chi connectivity index (χ0v) is 15.3. The summed E-state index contributed by atoms with van der Waals surface area (Å²) in [5.74, 6) is 0.0284. The van der Waals surface area contributed by atoms with Crippen molar-refractivity contribution in [3.8, 4) is 5.75 Å². The Balaban J connectivity index is 1.58. The molecular formula is C23H18F3NO2. The molecular weight excluding hydrogens is 379 g/mol. The average molecular weight is 397 g/mol. The van der Waals surface area contributed by atoms with Crippen LogP contribution in [0.15, 0.2) is 84.9 Å². The normalized spacial score (nSPS) is 11.4. The van der Waals surface area contributed by atoms with E-state index in [0.29, 0.717) is 12.4 Å². The maximum Gasteiger partial charge on any atom is 0.418 e. The van der Waals surface area contributed by atoms with Gasteiger partial charge in [0, 0.05) is 6.08 Å². The van der Waals surface area contributed by atoms with Crippen LogP contribution in [0.3, 0.4) is 0 Å². The van der Waals surface area contributed by atoms with Gasteiger partial charge in [0.1, 0.15) is 12.4 Å². The number of benzene rings is 3. The van der Waals surface area contributed by atoms with Crippen LogP contribution in [0.1, 0.15) is 16.7 Å². The summed E-state index contributed by atoms with van der Waals surface area (Å²) < 4.78 is 44.6. The minimum Gasteiger partial charge on any atom is -0.489 e. The van der Waals surface area contributed by atoms with E-state index >= 15 is 0 Å². The van der Waals surface area contributed by atoms with Crippen molar-refractivity contribution in [2.45, 2.75) is 12.8 Å². The molecule has 0 bridgehead atoms. The molecule has 0 saturated heterocycles. The molecule has 3 aromatic rings. The summed E-state index contributed by atoms with van der Waals surface area (Å²) in [5.41, 5.74) is 0.601. The zero-order valence-electron chi connectivity index (χ0n) is 15.3. The van der Waals surface area contributed by atoms with Crippen molar-refractivity contribution in [1.29, 1.82) is 0 Å². The molecule has 0 aliphatic heterocycles. The first kappa shape index (κ1) is 20.2. The summed E-state index contributed by atoms with van der Waals surface area (Å²) in [6.07, 6.45) is -1.83. The smallest absolute Gasteiger partial charge is 0.418 e. The van der Waals surface area contributed by atoms with Gasteiger partial charge in [0.15, 0.2) is 0 Å². The lowest BCUT2D eigenvalue weighted by molar-refractivity contribution is -0.136. The summed E-state index contributed by atoms with van der Waals surface area (Å²) in [7, 11) is 0. The van der Waals surface area contributed by atoms with Gasteiger partial charge in [0.25, 0.3) is 0 Å². The van der Waals surface area contributed by atoms with Crippen molar-refractivity contribution in [3.05, 3.63) is 102 Å². The van der Waals surface area contributed by atoms with E-state index in [1.54, 1.807) is 24.3 Å². The molecule has 6 heteroatoms. The molecule has 3 rings (SSSR count). The second-order valence-corrected chi connectivity index (χ2v) is 6.21. The van der Waals surface area contributed by atoms with Crippen LogP contribution in [0.4, 0.5) is 18.9 Å². The van der Waals surface area contributed by atoms with E-state index in [1.165, 1.54) is 30.4 Å². The second kappa shape index (κ2) is 9.10. The molecule has 0 fully saturated rings. The van der Waals surface area contributed by atoms with E-state index in [2.05, 4.69) is 5.32 Å². The van der Waals surface area contributed by atoms with Crippen LogP contribution in [0.25, 0.3) is 6.08 Å². The molecule has 3 nitrogen and oxygen atoms in total. The zero-order chi connectivity index (χ0) is 20.7. The molecule has 0 aliphatic rings. The quantitative estimate of drug-likeness (QED) is 0.523. The maximum absolute atomic E-state index is 13.0. The molecule has 0 heterocycles. The summed E-state index contributed by atoms with van der Waals surface area (Å²) in [6.45, 7) is 0.442. The van der Waals surface area contributed by atoms with Crippen molar-refractivity contribution < 1.29 is 22.7 Å². The minimum absolute atomic E-state index is 0.278. The first-order valence-electron chi connectivity index (χ1n) is 8.84. The number of carbonyl (C=O) groups excluding carboxylic acids is 1. The average Bonchev–Trinajstić information content (AvgIpc) is 2.72. The first-order valence-corrected chi connectivity index (χ1v) is 8.84. The van der Waals surface area contributed by atoms with Crippen LogP contribution in [-0.4, -0.2) is 5.91 Å². The van der Waals surface area contributed by atoms with Crippen LogP contribution < -0.4 is 10.1 Å². The predicted molar refractivity (Wildman–Crippen MR) is 106 cm³/mol. The molecule has 1 N–H and O–H groups in total. The number of hydrogen-bond acceptors (Lipinski definition) is 2. The van der Waals surface area contributed by atoms with Gasteiger partial charge >= 0.3 is 6.18 Å². The lowest BCUT2D eigenvalue weighted by atomic mass is 10.1. The van der Waals surface area contributed by atoms with Gasteiger partial charge in [-0.25, -0.2) is 0 Å². The Morgan fingerprint density at radius 2 is 1.55 bits per heavy atom. The Kier molecular flexibility index (Phi) is 6.34. The van der Waals surface area contributed by atoms with Crippen molar-refractivity contribution in [2.24, 2.45) is 0 Å². The van der Waals surface area contributed by atoms with Gasteiger partial charge in [-0.3, -0.25) is 4.79 Å². The number of carbonyl (C=O) groups is 1. The molecule has 29 heavy (non-hydrogen) atoms. The Bertz CT molecular complexity index is 981. The van der Waals surface area contributed by atoms with E-state index in [-0.39, 0.29) is 5.69 Å². The first-order chi connectivity index (χ1) is 13.9. The maximum atomic E-state index is 13.0. The molecule has 3 aromatic carbocycles. The third-order valence-corrected chi connectivity index (χ3v) is 4.05. The van der Waals surface area contributed by atoms with E-state index < -0.39 is 17.6 Å². The standard InChI is InChI=1S/C23H18F3NO2/c24-23(25,26)20-8-4-5-9-21(20)27-22(28)15-12-17-10-13-19(14-11-17)29-16-18-6-2-1-3-7-18/h1-15H,16H2,(H,27,28)/b15-12+. The largest absolute Gasteiger partial charge is 0.489 e. The van der Waals surface area contributed by atoms with Crippen molar-refractivity contribution in [2.75, 3.05) is 5.32 Å². The number of hydrogen-bond donors (Lipinski definition) is 1. The fourth-order valence-electron chi connectivity index (χ4n) is 2.60. The third kappa shape index (κ3) is 5.97. The van der Waals surface area contributed by atoms with Crippen LogP contribution in [0.2, 0.25) is 0 Å². The highest BCUT2D eigenvalue weighted by Crippen LogP contribution is 2.34. The molecule has 0 aliphatic carbocycles. The number of halogens is 3. The number of para-hydroxylation sites is 1. The second-order valence-electron chi connectivity index (χ2n) is 6.21. The molecule has 1 amide bonds. The molecule has 0 radical (unpaired) electrons. The van der Waals surface area contributed by atoms with Gasteiger partial charge in [-0.15, -0.1) is 0 Å². The highest BCUT2D eigenvalue weighted by Gasteiger charge is 2.33. The van der Waals surface area contributed by atoms with Gasteiger partial charge < -0.3 is 10.1 Å². The SMILES string of the molecule is O=C(/C=C/c1ccc(OCc2ccccc2)cc1)Nc1ccccc1C(F)(F)F. The number of rotatable bonds is 6. The lowest BCUT2D eigenvalue weighted by Gasteiger charge is -2.12. The summed E-state index contributed by atoms with van der Waals surface area (Å²) in [4.78, 5) is 12.0. The fourth-order valence-corrected chi connectivity index (χ4v) is 2.60. The summed E-state index contributed by atoms with van der Waals surface area (Å²) in [5, 5.41) is 2.27. The minimum atomic E-state index is -4.54. The third-order valence-electron chi connectivity index (χ3n) is 4.05. The van der Waals surface area contributed by atoms with E-state index in [9.17, 15) is 18.0 Å². The monoisotopic (exact) mass is 397 g/mol. The molecule has 0 atom stereocenters. The number of ether oxygens (including phenoxy) is 1. The number of amides is 1. The van der Waals surface area contributed by atoms with Crippen molar-refractivity contribution in [3.63, 3.8) is 0 Å². The van der Waals surface area contributed by atoms with E-state index in [0.717, 1.165) is 17.2 Å². The summed E-state index contributed by atoms with van der Waals surface area (Å²) >= 11 is 0. The van der Waals surface area contributed by atoms with Crippen LogP contribution in [-0.2, 0) is 17.6 Å². The van der Waals surface area contributed by atoms with E-state index in [4.69, 9.17) is 4.74 Å². The molecule has 148 valence electrons. The Labute approximate surface area is 166 Å². The number of nitrogens with one attached hydrogen (secondary N) is 1. The number of anilines is 1. The highest BCUT2D eigenvalue weighted by atomic mass is 19.4. The predicted octanol–water partition coefficient (Wildman–Crippen LogP) is 5.94. The van der Waals surface area contributed by atoms with Crippen molar-refractivity contribution in [1.82, 2.24) is 0 Å².